The van der Waals surface area contributed by atoms with Crippen LogP contribution in [-0.2, 0) is 9.53 Å². The largest absolute Gasteiger partial charge is 0.492 e. The van der Waals surface area contributed by atoms with Gasteiger partial charge in [-0.25, -0.2) is 4.79 Å². The van der Waals surface area contributed by atoms with Gasteiger partial charge in [0.2, 0.25) is 5.91 Å². The van der Waals surface area contributed by atoms with Crippen molar-refractivity contribution in [3.8, 4) is 5.75 Å². The van der Waals surface area contributed by atoms with Gasteiger partial charge in [0.15, 0.2) is 0 Å². The molecule has 1 fully saturated rings. The molecule has 34 heavy (non-hydrogen) atoms. The Hall–Kier alpha value is -2.94. The minimum absolute atomic E-state index is 0.0478. The van der Waals surface area contributed by atoms with Crippen molar-refractivity contribution >= 4 is 11.9 Å². The summed E-state index contributed by atoms with van der Waals surface area (Å²) < 4.78 is 11.0. The van der Waals surface area contributed by atoms with Gasteiger partial charge in [0.25, 0.3) is 0 Å². The Morgan fingerprint density at radius 2 is 1.74 bits per heavy atom. The van der Waals surface area contributed by atoms with E-state index in [-0.39, 0.29) is 17.5 Å². The Kier molecular flexibility index (Phi) is 9.44. The highest BCUT2D eigenvalue weighted by Crippen LogP contribution is 2.25. The fraction of sp³-hybridized carbons (Fsp3) is 0.462. The number of benzene rings is 2. The number of nitrogens with zero attached hydrogens (tertiary/aromatic N) is 1. The Morgan fingerprint density at radius 3 is 2.35 bits per heavy atom. The molecule has 0 aromatic heterocycles. The van der Waals surface area contributed by atoms with Crippen LogP contribution in [0.2, 0.25) is 0 Å². The lowest BCUT2D eigenvalue weighted by molar-refractivity contribution is -0.130. The van der Waals surface area contributed by atoms with Gasteiger partial charge in [-0.1, -0.05) is 30.3 Å². The van der Waals surface area contributed by atoms with Crippen molar-refractivity contribution in [3.63, 3.8) is 0 Å². The molecule has 1 amide bonds. The monoisotopic (exact) mass is 469 g/mol. The number of carbonyl (C=O) groups is 2. The molecule has 1 atom stereocenters. The van der Waals surface area contributed by atoms with Crippen LogP contribution in [0.15, 0.2) is 54.6 Å². The molecule has 1 heterocycles. The van der Waals surface area contributed by atoms with Crippen LogP contribution in [-0.4, -0.2) is 73.9 Å². The van der Waals surface area contributed by atoms with Crippen LogP contribution in [0.3, 0.4) is 0 Å². The molecule has 8 heteroatoms. The van der Waals surface area contributed by atoms with Crippen molar-refractivity contribution in [3.05, 3.63) is 65.7 Å². The van der Waals surface area contributed by atoms with Gasteiger partial charge < -0.3 is 24.8 Å². The highest BCUT2D eigenvalue weighted by atomic mass is 16.5. The highest BCUT2D eigenvalue weighted by Gasteiger charge is 2.41. The fourth-order valence-electron chi connectivity index (χ4n) is 4.17. The van der Waals surface area contributed by atoms with Gasteiger partial charge in [0.05, 0.1) is 18.2 Å². The molecule has 2 aromatic rings. The van der Waals surface area contributed by atoms with Gasteiger partial charge in [-0.15, -0.1) is 0 Å². The number of nitrogens with one attached hydrogen (secondary N) is 2. The van der Waals surface area contributed by atoms with Crippen molar-refractivity contribution in [2.75, 3.05) is 46.5 Å². The second-order valence-corrected chi connectivity index (χ2v) is 8.63. The van der Waals surface area contributed by atoms with E-state index in [9.17, 15) is 9.59 Å². The zero-order chi connectivity index (χ0) is 24.4. The summed E-state index contributed by atoms with van der Waals surface area (Å²) in [6.07, 6.45) is 1.36. The first-order valence-electron chi connectivity index (χ1n) is 11.7. The summed E-state index contributed by atoms with van der Waals surface area (Å²) >= 11 is 0. The number of aromatic carboxylic acids is 1. The molecule has 0 spiro atoms. The SMILES string of the molecule is COCCN1CCC(NCCOc2ccccc2)(C(=O)NC(C)c2ccc(C(=O)O)cc2)CC1. The van der Waals surface area contributed by atoms with Crippen LogP contribution < -0.4 is 15.4 Å². The van der Waals surface area contributed by atoms with E-state index in [2.05, 4.69) is 15.5 Å². The van der Waals surface area contributed by atoms with Crippen LogP contribution in [0.5, 0.6) is 5.75 Å². The lowest BCUT2D eigenvalue weighted by Gasteiger charge is -2.41. The van der Waals surface area contributed by atoms with Crippen LogP contribution in [0, 0.1) is 0 Å². The molecule has 0 radical (unpaired) electrons. The third-order valence-corrected chi connectivity index (χ3v) is 6.34. The Morgan fingerprint density at radius 1 is 1.06 bits per heavy atom. The predicted molar refractivity (Wildman–Crippen MR) is 130 cm³/mol. The third-order valence-electron chi connectivity index (χ3n) is 6.34. The summed E-state index contributed by atoms with van der Waals surface area (Å²) in [5.41, 5.74) is 0.388. The normalized spacial score (nSPS) is 16.5. The fourth-order valence-corrected chi connectivity index (χ4v) is 4.17. The van der Waals surface area contributed by atoms with Gasteiger partial charge in [0.1, 0.15) is 17.9 Å². The summed E-state index contributed by atoms with van der Waals surface area (Å²) in [6.45, 7) is 6.02. The molecule has 3 rings (SSSR count). The second-order valence-electron chi connectivity index (χ2n) is 8.63. The van der Waals surface area contributed by atoms with Crippen LogP contribution >= 0.6 is 0 Å². The average molecular weight is 470 g/mol. The van der Waals surface area contributed by atoms with Gasteiger partial charge in [-0.2, -0.15) is 0 Å². The molecule has 1 aliphatic heterocycles. The van der Waals surface area contributed by atoms with Gasteiger partial charge >= 0.3 is 5.97 Å². The number of carboxylic acids is 1. The van der Waals surface area contributed by atoms with Gasteiger partial charge in [0, 0.05) is 33.3 Å². The number of likely N-dealkylation sites (tertiary alicyclic amines) is 1. The lowest BCUT2D eigenvalue weighted by Crippen LogP contribution is -2.62. The molecule has 0 aliphatic carbocycles. The van der Waals surface area contributed by atoms with E-state index in [1.165, 1.54) is 0 Å². The van der Waals surface area contributed by atoms with E-state index in [4.69, 9.17) is 14.6 Å². The topological polar surface area (TPSA) is 100 Å². The first-order valence-corrected chi connectivity index (χ1v) is 11.7. The number of carboxylic acid groups (broad SMARTS) is 1. The quantitative estimate of drug-likeness (QED) is 0.411. The number of piperidine rings is 1. The molecule has 1 unspecified atom stereocenters. The van der Waals surface area contributed by atoms with E-state index in [0.29, 0.717) is 32.6 Å². The van der Waals surface area contributed by atoms with Crippen LogP contribution in [0.4, 0.5) is 0 Å². The molecule has 2 aromatic carbocycles. The van der Waals surface area contributed by atoms with Crippen molar-refractivity contribution in [2.45, 2.75) is 31.3 Å². The molecule has 1 aliphatic rings. The smallest absolute Gasteiger partial charge is 0.335 e. The molecule has 8 nitrogen and oxygen atoms in total. The van der Waals surface area contributed by atoms with Crippen LogP contribution in [0.1, 0.15) is 41.7 Å². The number of carbonyl (C=O) groups excluding carboxylic acids is 1. The lowest BCUT2D eigenvalue weighted by atomic mass is 9.85. The summed E-state index contributed by atoms with van der Waals surface area (Å²) in [5.74, 6) is -0.214. The first kappa shape index (κ1) is 25.7. The van der Waals surface area contributed by atoms with Crippen molar-refractivity contribution < 1.29 is 24.2 Å². The molecule has 184 valence electrons. The maximum atomic E-state index is 13.5. The van der Waals surface area contributed by atoms with E-state index in [0.717, 1.165) is 30.9 Å². The molecule has 0 bridgehead atoms. The predicted octanol–water partition coefficient (Wildman–Crippen LogP) is 2.71. The van der Waals surface area contributed by atoms with Gasteiger partial charge in [-0.3, -0.25) is 10.1 Å². The minimum atomic E-state index is -0.968. The Balaban J connectivity index is 1.62. The molecule has 0 saturated carbocycles. The van der Waals surface area contributed by atoms with Crippen molar-refractivity contribution in [1.29, 1.82) is 0 Å². The number of para-hydroxylation sites is 1. The Labute approximate surface area is 201 Å². The van der Waals surface area contributed by atoms with E-state index in [1.807, 2.05) is 37.3 Å². The number of hydrogen-bond acceptors (Lipinski definition) is 6. The number of rotatable bonds is 12. The summed E-state index contributed by atoms with van der Waals surface area (Å²) in [5, 5.41) is 15.7. The molecule has 1 saturated heterocycles. The maximum Gasteiger partial charge on any atom is 0.335 e. The van der Waals surface area contributed by atoms with E-state index >= 15 is 0 Å². The zero-order valence-electron chi connectivity index (χ0n) is 20.0. The first-order chi connectivity index (χ1) is 16.4. The van der Waals surface area contributed by atoms with Crippen LogP contribution in [0.25, 0.3) is 0 Å². The summed E-state index contributed by atoms with van der Waals surface area (Å²) in [6, 6.07) is 16.0. The summed E-state index contributed by atoms with van der Waals surface area (Å²) in [7, 11) is 1.69. The van der Waals surface area contributed by atoms with E-state index in [1.54, 1.807) is 31.4 Å². The van der Waals surface area contributed by atoms with Crippen molar-refractivity contribution in [1.82, 2.24) is 15.5 Å². The second kappa shape index (κ2) is 12.5. The van der Waals surface area contributed by atoms with Gasteiger partial charge in [-0.05, 0) is 49.6 Å². The van der Waals surface area contributed by atoms with Crippen molar-refractivity contribution in [2.24, 2.45) is 0 Å². The standard InChI is InChI=1S/C26H35N3O5/c1-20(21-8-10-22(11-9-21)24(30)31)28-25(32)26(12-15-29(16-13-26)17-19-33-2)27-14-18-34-23-6-4-3-5-7-23/h3-11,20,27H,12-19H2,1-2H3,(H,28,32)(H,30,31). The van der Waals surface area contributed by atoms with E-state index < -0.39 is 11.5 Å². The molecule has 3 N–H and O–H groups in total. The average Bonchev–Trinajstić information content (AvgIpc) is 2.86. The third kappa shape index (κ3) is 7.03. The molecular formula is C26H35N3O5. The minimum Gasteiger partial charge on any atom is -0.492 e. The number of hydrogen-bond donors (Lipinski definition) is 3. The Bertz CT molecular complexity index is 912. The maximum absolute atomic E-state index is 13.5. The molecular weight excluding hydrogens is 434 g/mol. The number of amides is 1. The number of ether oxygens (including phenoxy) is 2. The number of methoxy groups -OCH3 is 1. The summed E-state index contributed by atoms with van der Waals surface area (Å²) in [4.78, 5) is 26.9. The zero-order valence-corrected chi connectivity index (χ0v) is 20.0. The highest BCUT2D eigenvalue weighted by molar-refractivity contribution is 5.88.